The van der Waals surface area contributed by atoms with E-state index in [0.29, 0.717) is 11.3 Å². The van der Waals surface area contributed by atoms with E-state index in [1.54, 1.807) is 31.4 Å². The maximum absolute atomic E-state index is 12.1. The van der Waals surface area contributed by atoms with Crippen LogP contribution in [0, 0.1) is 13.8 Å². The van der Waals surface area contributed by atoms with Gasteiger partial charge in [-0.15, -0.1) is 0 Å². The standard InChI is InChI=1S/C16H18N2O2/c1-11-15(12(2)18(3)17-11)8-9-16(19)13-6-5-7-14(10-13)20-4/h5-10H,1-4H3/b9-8+. The zero-order valence-corrected chi connectivity index (χ0v) is 12.2. The summed E-state index contributed by atoms with van der Waals surface area (Å²) >= 11 is 0. The maximum Gasteiger partial charge on any atom is 0.185 e. The SMILES string of the molecule is COc1cccc(C(=O)/C=C/c2c(C)nn(C)c2C)c1. The second kappa shape index (κ2) is 5.74. The van der Waals surface area contributed by atoms with Gasteiger partial charge in [0.05, 0.1) is 12.8 Å². The Balaban J connectivity index is 2.24. The molecule has 0 spiro atoms. The van der Waals surface area contributed by atoms with Crippen molar-refractivity contribution in [2.75, 3.05) is 7.11 Å². The lowest BCUT2D eigenvalue weighted by Gasteiger charge is -2.01. The first kappa shape index (κ1) is 14.1. The lowest BCUT2D eigenvalue weighted by Crippen LogP contribution is -1.95. The van der Waals surface area contributed by atoms with Gasteiger partial charge < -0.3 is 4.74 Å². The summed E-state index contributed by atoms with van der Waals surface area (Å²) in [6.07, 6.45) is 3.39. The molecule has 2 aromatic rings. The number of ketones is 1. The molecule has 1 aromatic carbocycles. The molecule has 1 aromatic heterocycles. The van der Waals surface area contributed by atoms with Gasteiger partial charge in [0.15, 0.2) is 5.78 Å². The predicted molar refractivity (Wildman–Crippen MR) is 79.0 cm³/mol. The molecule has 104 valence electrons. The molecule has 0 amide bonds. The van der Waals surface area contributed by atoms with E-state index in [1.807, 2.05) is 37.7 Å². The Bertz CT molecular complexity index is 669. The fourth-order valence-electron chi connectivity index (χ4n) is 2.06. The molecule has 0 N–H and O–H groups in total. The van der Waals surface area contributed by atoms with E-state index in [4.69, 9.17) is 4.74 Å². The Kier molecular flexibility index (Phi) is 4.03. The fourth-order valence-corrected chi connectivity index (χ4v) is 2.06. The molecule has 4 heteroatoms. The lowest BCUT2D eigenvalue weighted by atomic mass is 10.1. The van der Waals surface area contributed by atoms with Crippen molar-refractivity contribution in [3.8, 4) is 5.75 Å². The number of nitrogens with zero attached hydrogens (tertiary/aromatic N) is 2. The lowest BCUT2D eigenvalue weighted by molar-refractivity contribution is 0.104. The van der Waals surface area contributed by atoms with E-state index in [-0.39, 0.29) is 5.78 Å². The van der Waals surface area contributed by atoms with Crippen molar-refractivity contribution < 1.29 is 9.53 Å². The zero-order valence-electron chi connectivity index (χ0n) is 12.2. The number of ether oxygens (including phenoxy) is 1. The number of aromatic nitrogens is 2. The van der Waals surface area contributed by atoms with Crippen LogP contribution in [0.2, 0.25) is 0 Å². The van der Waals surface area contributed by atoms with Gasteiger partial charge in [-0.05, 0) is 38.1 Å². The molecule has 0 saturated heterocycles. The minimum atomic E-state index is -0.0495. The van der Waals surface area contributed by atoms with E-state index in [1.165, 1.54) is 0 Å². The fraction of sp³-hybridized carbons (Fsp3) is 0.250. The van der Waals surface area contributed by atoms with Gasteiger partial charge in [-0.25, -0.2) is 0 Å². The van der Waals surface area contributed by atoms with Crippen molar-refractivity contribution in [2.24, 2.45) is 7.05 Å². The van der Waals surface area contributed by atoms with Crippen LogP contribution in [0.25, 0.3) is 6.08 Å². The zero-order chi connectivity index (χ0) is 14.7. The van der Waals surface area contributed by atoms with Crippen molar-refractivity contribution in [2.45, 2.75) is 13.8 Å². The number of carbonyl (C=O) groups excluding carboxylic acids is 1. The molecule has 1 heterocycles. The number of benzene rings is 1. The van der Waals surface area contributed by atoms with Gasteiger partial charge in [-0.1, -0.05) is 12.1 Å². The highest BCUT2D eigenvalue weighted by Crippen LogP contribution is 2.16. The summed E-state index contributed by atoms with van der Waals surface area (Å²) in [4.78, 5) is 12.1. The van der Waals surface area contributed by atoms with E-state index < -0.39 is 0 Å². The van der Waals surface area contributed by atoms with Crippen LogP contribution in [0.15, 0.2) is 30.3 Å². The molecule has 20 heavy (non-hydrogen) atoms. The summed E-state index contributed by atoms with van der Waals surface area (Å²) in [6, 6.07) is 7.13. The minimum Gasteiger partial charge on any atom is -0.497 e. The quantitative estimate of drug-likeness (QED) is 0.633. The molecule has 0 bridgehead atoms. The highest BCUT2D eigenvalue weighted by molar-refractivity contribution is 6.07. The van der Waals surface area contributed by atoms with E-state index in [0.717, 1.165) is 17.0 Å². The second-order valence-corrected chi connectivity index (χ2v) is 4.64. The summed E-state index contributed by atoms with van der Waals surface area (Å²) < 4.78 is 6.93. The van der Waals surface area contributed by atoms with Gasteiger partial charge in [0.2, 0.25) is 0 Å². The van der Waals surface area contributed by atoms with E-state index >= 15 is 0 Å². The Labute approximate surface area is 118 Å². The van der Waals surface area contributed by atoms with E-state index in [9.17, 15) is 4.79 Å². The van der Waals surface area contributed by atoms with Crippen LogP contribution in [-0.2, 0) is 7.05 Å². The summed E-state index contributed by atoms with van der Waals surface area (Å²) in [5.74, 6) is 0.629. The smallest absolute Gasteiger partial charge is 0.185 e. The van der Waals surface area contributed by atoms with Gasteiger partial charge in [0, 0.05) is 23.9 Å². The number of hydrogen-bond acceptors (Lipinski definition) is 3. The normalized spacial score (nSPS) is 11.0. The van der Waals surface area contributed by atoms with Crippen LogP contribution < -0.4 is 4.74 Å². The summed E-state index contributed by atoms with van der Waals surface area (Å²) in [5.41, 5.74) is 3.56. The molecule has 0 aliphatic carbocycles. The third-order valence-corrected chi connectivity index (χ3v) is 3.32. The van der Waals surface area contributed by atoms with Crippen LogP contribution >= 0.6 is 0 Å². The van der Waals surface area contributed by atoms with Crippen LogP contribution in [-0.4, -0.2) is 22.7 Å². The first-order valence-corrected chi connectivity index (χ1v) is 6.39. The number of hydrogen-bond donors (Lipinski definition) is 0. The Morgan fingerprint density at radius 1 is 1.35 bits per heavy atom. The topological polar surface area (TPSA) is 44.1 Å². The summed E-state index contributed by atoms with van der Waals surface area (Å²) in [6.45, 7) is 3.92. The summed E-state index contributed by atoms with van der Waals surface area (Å²) in [7, 11) is 3.48. The molecule has 0 fully saturated rings. The average Bonchev–Trinajstić information content (AvgIpc) is 2.70. The molecule has 2 rings (SSSR count). The van der Waals surface area contributed by atoms with Crippen molar-refractivity contribution in [3.05, 3.63) is 52.9 Å². The Hall–Kier alpha value is -2.36. The monoisotopic (exact) mass is 270 g/mol. The Morgan fingerprint density at radius 3 is 2.70 bits per heavy atom. The number of rotatable bonds is 4. The highest BCUT2D eigenvalue weighted by Gasteiger charge is 2.07. The molecular weight excluding hydrogens is 252 g/mol. The Morgan fingerprint density at radius 2 is 2.10 bits per heavy atom. The molecule has 0 atom stereocenters. The molecule has 4 nitrogen and oxygen atoms in total. The van der Waals surface area contributed by atoms with Gasteiger partial charge in [-0.3, -0.25) is 9.48 Å². The molecule has 0 saturated carbocycles. The molecule has 0 aliphatic heterocycles. The van der Waals surface area contributed by atoms with Gasteiger partial charge >= 0.3 is 0 Å². The van der Waals surface area contributed by atoms with Gasteiger partial charge in [0.25, 0.3) is 0 Å². The number of methoxy groups -OCH3 is 1. The predicted octanol–water partition coefficient (Wildman–Crippen LogP) is 2.94. The van der Waals surface area contributed by atoms with Crippen molar-refractivity contribution in [3.63, 3.8) is 0 Å². The first-order valence-electron chi connectivity index (χ1n) is 6.39. The second-order valence-electron chi connectivity index (χ2n) is 4.64. The maximum atomic E-state index is 12.1. The third kappa shape index (κ3) is 2.79. The third-order valence-electron chi connectivity index (χ3n) is 3.32. The molecule has 0 aliphatic rings. The number of allylic oxidation sites excluding steroid dienone is 1. The molecule has 0 radical (unpaired) electrons. The van der Waals surface area contributed by atoms with Gasteiger partial charge in [-0.2, -0.15) is 5.10 Å². The number of aryl methyl sites for hydroxylation is 2. The van der Waals surface area contributed by atoms with Crippen LogP contribution in [0.1, 0.15) is 27.3 Å². The molecular formula is C16H18N2O2. The van der Waals surface area contributed by atoms with Crippen LogP contribution in [0.3, 0.4) is 0 Å². The molecule has 0 unspecified atom stereocenters. The number of carbonyl (C=O) groups is 1. The highest BCUT2D eigenvalue weighted by atomic mass is 16.5. The van der Waals surface area contributed by atoms with Crippen molar-refractivity contribution in [1.82, 2.24) is 9.78 Å². The van der Waals surface area contributed by atoms with Crippen molar-refractivity contribution >= 4 is 11.9 Å². The minimum absolute atomic E-state index is 0.0495. The summed E-state index contributed by atoms with van der Waals surface area (Å²) in [5, 5.41) is 4.32. The largest absolute Gasteiger partial charge is 0.497 e. The van der Waals surface area contributed by atoms with E-state index in [2.05, 4.69) is 5.10 Å². The van der Waals surface area contributed by atoms with Crippen LogP contribution in [0.5, 0.6) is 5.75 Å². The van der Waals surface area contributed by atoms with Gasteiger partial charge in [0.1, 0.15) is 5.75 Å². The first-order chi connectivity index (χ1) is 9.52. The average molecular weight is 270 g/mol. The van der Waals surface area contributed by atoms with Crippen molar-refractivity contribution in [1.29, 1.82) is 0 Å². The van der Waals surface area contributed by atoms with Crippen LogP contribution in [0.4, 0.5) is 0 Å².